The molecule has 0 unspecified atom stereocenters. The predicted octanol–water partition coefficient (Wildman–Crippen LogP) is 2.47. The summed E-state index contributed by atoms with van der Waals surface area (Å²) in [4.78, 5) is 29.7. The van der Waals surface area contributed by atoms with Crippen molar-refractivity contribution in [2.45, 2.75) is 26.7 Å². The first kappa shape index (κ1) is 25.1. The number of esters is 2. The zero-order chi connectivity index (χ0) is 22.4. The Balaban J connectivity index is 2.45. The Bertz CT molecular complexity index is 868. The molecule has 0 aliphatic heterocycles. The largest absolute Gasteiger partial charge is 0.484 e. The van der Waals surface area contributed by atoms with E-state index in [4.69, 9.17) is 29.6 Å². The number of ether oxygens (including phenoxy) is 2. The molecule has 0 saturated heterocycles. The molecular formula is C18H23N4O7P. The van der Waals surface area contributed by atoms with E-state index >= 15 is 0 Å². The van der Waals surface area contributed by atoms with Gasteiger partial charge in [0.2, 0.25) is 0 Å². The molecule has 0 bridgehead atoms. The van der Waals surface area contributed by atoms with E-state index in [-0.39, 0.29) is 32.1 Å². The smallest absolute Gasteiger partial charge is 0.457 e. The summed E-state index contributed by atoms with van der Waals surface area (Å²) in [5, 5.41) is 0. The Morgan fingerprint density at radius 1 is 0.900 bits per heavy atom. The van der Waals surface area contributed by atoms with Gasteiger partial charge in [0.05, 0.1) is 32.0 Å². The van der Waals surface area contributed by atoms with E-state index in [1.807, 2.05) is 0 Å². The van der Waals surface area contributed by atoms with Crippen LogP contribution in [0.25, 0.3) is 11.1 Å². The normalized spacial score (nSPS) is 10.5. The molecule has 1 rings (SSSR count). The van der Waals surface area contributed by atoms with Crippen molar-refractivity contribution in [2.24, 2.45) is 0 Å². The molecule has 30 heavy (non-hydrogen) atoms. The Labute approximate surface area is 173 Å². The maximum Gasteiger partial charge on any atom is 0.484 e. The summed E-state index contributed by atoms with van der Waals surface area (Å²) in [7, 11) is -4.08. The molecule has 0 aliphatic rings. The molecule has 0 aromatic heterocycles. The van der Waals surface area contributed by atoms with Crippen LogP contribution in [0.3, 0.4) is 0 Å². The first-order valence-corrected chi connectivity index (χ1v) is 10.7. The second-order valence-electron chi connectivity index (χ2n) is 5.55. The molecule has 12 heteroatoms. The third-order valence-electron chi connectivity index (χ3n) is 3.48. The van der Waals surface area contributed by atoms with Crippen LogP contribution in [0.2, 0.25) is 0 Å². The quantitative estimate of drug-likeness (QED) is 0.114. The first-order chi connectivity index (χ1) is 14.4. The van der Waals surface area contributed by atoms with Crippen LogP contribution in [0.15, 0.2) is 30.3 Å². The zero-order valence-corrected chi connectivity index (χ0v) is 17.6. The van der Waals surface area contributed by atoms with Gasteiger partial charge in [0, 0.05) is 0 Å². The van der Waals surface area contributed by atoms with Crippen molar-refractivity contribution in [3.8, 4) is 0 Å². The van der Waals surface area contributed by atoms with Crippen molar-refractivity contribution in [2.75, 3.05) is 26.4 Å². The molecule has 11 nitrogen and oxygen atoms in total. The van der Waals surface area contributed by atoms with Crippen molar-refractivity contribution >= 4 is 30.7 Å². The lowest BCUT2D eigenvalue weighted by molar-refractivity contribution is -0.142. The highest BCUT2D eigenvalue weighted by Crippen LogP contribution is 2.49. The average Bonchev–Trinajstić information content (AvgIpc) is 2.72. The minimum atomic E-state index is -4.08. The van der Waals surface area contributed by atoms with Crippen LogP contribution in [0.1, 0.15) is 32.3 Å². The van der Waals surface area contributed by atoms with Gasteiger partial charge in [-0.3, -0.25) is 0 Å². The highest BCUT2D eigenvalue weighted by atomic mass is 31.2. The molecule has 0 heterocycles. The predicted molar refractivity (Wildman–Crippen MR) is 105 cm³/mol. The van der Waals surface area contributed by atoms with Gasteiger partial charge >= 0.3 is 30.7 Å². The monoisotopic (exact) mass is 438 g/mol. The molecular weight excluding hydrogens is 415 g/mol. The molecule has 0 aliphatic carbocycles. The number of hydrogen-bond donors (Lipinski definition) is 0. The second-order valence-corrected chi connectivity index (χ2v) is 7.49. The van der Waals surface area contributed by atoms with Gasteiger partial charge in [0.15, 0.2) is 0 Å². The molecule has 1 aromatic carbocycles. The van der Waals surface area contributed by atoms with Crippen molar-refractivity contribution in [1.29, 1.82) is 0 Å². The van der Waals surface area contributed by atoms with Crippen LogP contribution in [-0.4, -0.2) is 59.1 Å². The van der Waals surface area contributed by atoms with Crippen molar-refractivity contribution < 1.29 is 42.3 Å². The average molecular weight is 438 g/mol. The van der Waals surface area contributed by atoms with Gasteiger partial charge in [-0.1, -0.05) is 18.2 Å². The molecule has 162 valence electrons. The first-order valence-electron chi connectivity index (χ1n) is 9.16. The van der Waals surface area contributed by atoms with Gasteiger partial charge in [0.1, 0.15) is 0 Å². The number of nitrogens with zero attached hydrogens (tertiary/aromatic N) is 4. The molecule has 1 aromatic rings. The van der Waals surface area contributed by atoms with E-state index in [0.717, 1.165) is 0 Å². The van der Waals surface area contributed by atoms with E-state index < -0.39 is 25.0 Å². The third-order valence-corrected chi connectivity index (χ3v) is 5.47. The van der Waals surface area contributed by atoms with Gasteiger partial charge in [-0.15, -0.1) is 4.79 Å². The number of benzene rings is 1. The standard InChI is InChI=1S/C18H23N4O7P/c1-3-28-30(25,29-4-2)16(22-20)18(24)27-13-9-8-12-26-17(23)15(21-19)14-10-6-5-7-11-14/h5-7,10-11H,3-4,8-9,12-13H2,1-2H3. The number of carbonyl (C=O) groups is 2. The zero-order valence-electron chi connectivity index (χ0n) is 16.7. The highest BCUT2D eigenvalue weighted by Gasteiger charge is 2.47. The van der Waals surface area contributed by atoms with Gasteiger partial charge < -0.3 is 29.6 Å². The second kappa shape index (κ2) is 13.3. The SMILES string of the molecule is CCOP(=O)(OCC)C(=[N+]=[N-])C(=O)OCCCCOC(=O)C(=[N+]=[N-])c1ccccc1. The lowest BCUT2D eigenvalue weighted by Gasteiger charge is -2.11. The summed E-state index contributed by atoms with van der Waals surface area (Å²) >= 11 is 0. The van der Waals surface area contributed by atoms with Crippen LogP contribution < -0.4 is 0 Å². The van der Waals surface area contributed by atoms with Crippen LogP contribution in [0.4, 0.5) is 0 Å². The Morgan fingerprint density at radius 3 is 1.90 bits per heavy atom. The van der Waals surface area contributed by atoms with E-state index in [1.165, 1.54) is 13.8 Å². The lowest BCUT2D eigenvalue weighted by atomic mass is 10.1. The van der Waals surface area contributed by atoms with Crippen LogP contribution in [0, 0.1) is 0 Å². The van der Waals surface area contributed by atoms with E-state index in [9.17, 15) is 14.2 Å². The fraction of sp³-hybridized carbons (Fsp3) is 0.444. The minimum absolute atomic E-state index is 0.0143. The van der Waals surface area contributed by atoms with Crippen molar-refractivity contribution in [1.82, 2.24) is 0 Å². The van der Waals surface area contributed by atoms with Crippen LogP contribution in [-0.2, 0) is 32.7 Å². The van der Waals surface area contributed by atoms with E-state index in [1.54, 1.807) is 30.3 Å². The van der Waals surface area contributed by atoms with Crippen LogP contribution >= 0.6 is 7.60 Å². The summed E-state index contributed by atoms with van der Waals surface area (Å²) in [6, 6.07) is 8.31. The summed E-state index contributed by atoms with van der Waals surface area (Å²) in [5.41, 5.74) is 17.4. The highest BCUT2D eigenvalue weighted by molar-refractivity contribution is 7.74. The molecule has 0 N–H and O–H groups in total. The summed E-state index contributed by atoms with van der Waals surface area (Å²) in [5.74, 6) is -1.94. The van der Waals surface area contributed by atoms with Crippen LogP contribution in [0.5, 0.6) is 0 Å². The maximum atomic E-state index is 12.5. The summed E-state index contributed by atoms with van der Waals surface area (Å²) in [6.07, 6.45) is 0.620. The maximum absolute atomic E-state index is 12.5. The molecule has 0 fully saturated rings. The molecule has 0 radical (unpaired) electrons. The third kappa shape index (κ3) is 7.48. The summed E-state index contributed by atoms with van der Waals surface area (Å²) < 4.78 is 32.3. The Hall–Kier alpha value is -2.93. The van der Waals surface area contributed by atoms with Gasteiger partial charge in [-0.05, 0) is 38.8 Å². The Morgan fingerprint density at radius 2 is 1.43 bits per heavy atom. The topological polar surface area (TPSA) is 161 Å². The molecule has 0 atom stereocenters. The lowest BCUT2D eigenvalue weighted by Crippen LogP contribution is -2.22. The van der Waals surface area contributed by atoms with E-state index in [2.05, 4.69) is 9.58 Å². The Kier molecular flexibility index (Phi) is 11.1. The number of carbonyl (C=O) groups excluding carboxylic acids is 2. The van der Waals surface area contributed by atoms with Gasteiger partial charge in [-0.25, -0.2) is 14.2 Å². The van der Waals surface area contributed by atoms with Gasteiger partial charge in [-0.2, -0.15) is 4.79 Å². The summed E-state index contributed by atoms with van der Waals surface area (Å²) in [6.45, 7) is 2.89. The van der Waals surface area contributed by atoms with Crippen molar-refractivity contribution in [3.63, 3.8) is 0 Å². The molecule has 0 spiro atoms. The minimum Gasteiger partial charge on any atom is -0.457 e. The van der Waals surface area contributed by atoms with E-state index in [0.29, 0.717) is 18.4 Å². The number of unbranched alkanes of at least 4 members (excludes halogenated alkanes) is 1. The molecule has 0 saturated carbocycles. The number of hydrogen-bond acceptors (Lipinski definition) is 7. The fourth-order valence-corrected chi connectivity index (χ4v) is 3.58. The molecule has 0 amide bonds. The van der Waals surface area contributed by atoms with Crippen molar-refractivity contribution in [3.05, 3.63) is 47.0 Å². The van der Waals surface area contributed by atoms with Gasteiger partial charge in [0.25, 0.3) is 0 Å². The number of rotatable bonds is 13. The fourth-order valence-electron chi connectivity index (χ4n) is 2.19.